The smallest absolute Gasteiger partial charge is 0.335 e. The summed E-state index contributed by atoms with van der Waals surface area (Å²) in [5.74, 6) is 0.476. The van der Waals surface area contributed by atoms with E-state index in [0.29, 0.717) is 31.7 Å². The van der Waals surface area contributed by atoms with Crippen molar-refractivity contribution in [2.75, 3.05) is 20.2 Å². The topological polar surface area (TPSA) is 76.1 Å². The molecule has 1 heterocycles. The van der Waals surface area contributed by atoms with E-state index in [1.54, 1.807) is 36.2 Å². The predicted octanol–water partition coefficient (Wildman–Crippen LogP) is 2.62. The fourth-order valence-electron chi connectivity index (χ4n) is 2.82. The van der Waals surface area contributed by atoms with Crippen LogP contribution in [0.3, 0.4) is 0 Å². The van der Waals surface area contributed by atoms with Crippen molar-refractivity contribution in [2.45, 2.75) is 18.9 Å². The molecule has 0 fully saturated rings. The quantitative estimate of drug-likeness (QED) is 0.862. The van der Waals surface area contributed by atoms with E-state index in [1.807, 2.05) is 24.3 Å². The van der Waals surface area contributed by atoms with Gasteiger partial charge in [-0.3, -0.25) is 4.79 Å². The summed E-state index contributed by atoms with van der Waals surface area (Å²) < 4.78 is 11.5. The van der Waals surface area contributed by atoms with Crippen LogP contribution in [-0.2, 0) is 11.2 Å². The minimum atomic E-state index is -0.955. The van der Waals surface area contributed by atoms with Crippen molar-refractivity contribution in [3.05, 3.63) is 59.7 Å². The summed E-state index contributed by atoms with van der Waals surface area (Å²) in [6.07, 6.45) is 0.717. The lowest BCUT2D eigenvalue weighted by molar-refractivity contribution is -0.131. The van der Waals surface area contributed by atoms with Gasteiger partial charge in [-0.1, -0.05) is 24.3 Å². The number of ether oxygens (including phenoxy) is 2. The second-order valence-corrected chi connectivity index (χ2v) is 6.27. The first-order chi connectivity index (χ1) is 12.5. The lowest BCUT2D eigenvalue weighted by Gasteiger charge is -2.29. The third-order valence-corrected chi connectivity index (χ3v) is 4.30. The van der Waals surface area contributed by atoms with Crippen molar-refractivity contribution in [3.8, 4) is 11.5 Å². The largest absolute Gasteiger partial charge is 0.486 e. The highest BCUT2D eigenvalue weighted by Gasteiger charge is 2.23. The van der Waals surface area contributed by atoms with Crippen molar-refractivity contribution in [1.29, 1.82) is 0 Å². The summed E-state index contributed by atoms with van der Waals surface area (Å²) >= 11 is 0. The molecule has 0 aromatic heterocycles. The Bertz CT molecular complexity index is 787. The summed E-state index contributed by atoms with van der Waals surface area (Å²) in [5, 5.41) is 8.90. The van der Waals surface area contributed by atoms with Crippen molar-refractivity contribution in [2.24, 2.45) is 0 Å². The van der Waals surface area contributed by atoms with Crippen molar-refractivity contribution < 1.29 is 24.2 Å². The standard InChI is InChI=1S/C20H21NO5/c1-21(12-16-13-25-17-4-2-3-5-18(17)26-16)19(22)11-8-14-6-9-15(10-7-14)20(23)24/h2-7,9-10,16H,8,11-13H2,1H3,(H,23,24). The van der Waals surface area contributed by atoms with Gasteiger partial charge >= 0.3 is 5.97 Å². The molecule has 3 rings (SSSR count). The molecular formula is C20H21NO5. The molecule has 0 saturated carbocycles. The molecule has 0 bridgehead atoms. The molecule has 1 unspecified atom stereocenters. The van der Waals surface area contributed by atoms with Crippen molar-refractivity contribution in [1.82, 2.24) is 4.90 Å². The molecule has 26 heavy (non-hydrogen) atoms. The number of rotatable bonds is 6. The van der Waals surface area contributed by atoms with Crippen LogP contribution in [0.1, 0.15) is 22.3 Å². The zero-order valence-corrected chi connectivity index (χ0v) is 14.6. The first kappa shape index (κ1) is 17.8. The number of benzene rings is 2. The van der Waals surface area contributed by atoms with Crippen LogP contribution in [0.4, 0.5) is 0 Å². The highest BCUT2D eigenvalue weighted by atomic mass is 16.6. The van der Waals surface area contributed by atoms with Gasteiger partial charge in [-0.25, -0.2) is 4.79 Å². The first-order valence-electron chi connectivity index (χ1n) is 8.47. The van der Waals surface area contributed by atoms with Crippen LogP contribution in [0.5, 0.6) is 11.5 Å². The van der Waals surface area contributed by atoms with E-state index < -0.39 is 5.97 Å². The number of likely N-dealkylation sites (N-methyl/N-ethyl adjacent to an activating group) is 1. The van der Waals surface area contributed by atoms with Gasteiger partial charge in [0.25, 0.3) is 0 Å². The number of carboxylic acid groups (broad SMARTS) is 1. The van der Waals surface area contributed by atoms with Crippen molar-refractivity contribution in [3.63, 3.8) is 0 Å². The van der Waals surface area contributed by atoms with E-state index in [1.165, 1.54) is 0 Å². The molecule has 1 amide bonds. The molecule has 0 saturated heterocycles. The van der Waals surface area contributed by atoms with E-state index in [4.69, 9.17) is 14.6 Å². The second kappa shape index (κ2) is 7.91. The van der Waals surface area contributed by atoms with Gasteiger partial charge in [-0.15, -0.1) is 0 Å². The molecule has 0 aliphatic carbocycles. The summed E-state index contributed by atoms with van der Waals surface area (Å²) in [6.45, 7) is 0.858. The third-order valence-electron chi connectivity index (χ3n) is 4.30. The molecular weight excluding hydrogens is 334 g/mol. The molecule has 2 aromatic rings. The maximum absolute atomic E-state index is 12.3. The zero-order chi connectivity index (χ0) is 18.5. The number of carboxylic acids is 1. The molecule has 0 spiro atoms. The summed E-state index contributed by atoms with van der Waals surface area (Å²) in [7, 11) is 1.75. The Morgan fingerprint density at radius 1 is 1.12 bits per heavy atom. The lowest BCUT2D eigenvalue weighted by Crippen LogP contribution is -2.41. The number of para-hydroxylation sites is 2. The first-order valence-corrected chi connectivity index (χ1v) is 8.47. The van der Waals surface area contributed by atoms with Gasteiger partial charge in [0.15, 0.2) is 17.6 Å². The Labute approximate surface area is 152 Å². The Morgan fingerprint density at radius 2 is 1.81 bits per heavy atom. The van der Waals surface area contributed by atoms with E-state index in [2.05, 4.69) is 0 Å². The average molecular weight is 355 g/mol. The molecule has 136 valence electrons. The maximum atomic E-state index is 12.3. The van der Waals surface area contributed by atoms with Gasteiger partial charge in [0.1, 0.15) is 6.61 Å². The van der Waals surface area contributed by atoms with E-state index in [-0.39, 0.29) is 17.6 Å². The molecule has 0 radical (unpaired) electrons. The van der Waals surface area contributed by atoms with Gasteiger partial charge in [0.05, 0.1) is 12.1 Å². The summed E-state index contributed by atoms with van der Waals surface area (Å²) in [4.78, 5) is 24.8. The highest BCUT2D eigenvalue weighted by molar-refractivity contribution is 5.87. The van der Waals surface area contributed by atoms with Crippen LogP contribution in [-0.4, -0.2) is 48.2 Å². The predicted molar refractivity (Wildman–Crippen MR) is 95.7 cm³/mol. The number of aromatic carboxylic acids is 1. The Balaban J connectivity index is 1.48. The molecule has 1 aliphatic heterocycles. The Morgan fingerprint density at radius 3 is 2.50 bits per heavy atom. The van der Waals surface area contributed by atoms with Crippen LogP contribution in [0.2, 0.25) is 0 Å². The number of nitrogens with zero attached hydrogens (tertiary/aromatic N) is 1. The van der Waals surface area contributed by atoms with Gasteiger partial charge in [-0.2, -0.15) is 0 Å². The Hall–Kier alpha value is -3.02. The second-order valence-electron chi connectivity index (χ2n) is 6.27. The molecule has 1 N–H and O–H groups in total. The van der Waals surface area contributed by atoms with Crippen LogP contribution in [0.15, 0.2) is 48.5 Å². The average Bonchev–Trinajstić information content (AvgIpc) is 2.66. The number of carbonyl (C=O) groups excluding carboxylic acids is 1. The molecule has 6 heteroatoms. The lowest BCUT2D eigenvalue weighted by atomic mass is 10.1. The minimum Gasteiger partial charge on any atom is -0.486 e. The summed E-state index contributed by atoms with van der Waals surface area (Å²) in [6, 6.07) is 14.1. The number of aryl methyl sites for hydroxylation is 1. The van der Waals surface area contributed by atoms with Gasteiger partial charge in [0.2, 0.25) is 5.91 Å². The molecule has 6 nitrogen and oxygen atoms in total. The van der Waals surface area contributed by atoms with E-state index >= 15 is 0 Å². The number of fused-ring (bicyclic) bond motifs is 1. The van der Waals surface area contributed by atoms with Gasteiger partial charge in [-0.05, 0) is 36.2 Å². The van der Waals surface area contributed by atoms with Crippen LogP contribution in [0.25, 0.3) is 0 Å². The van der Waals surface area contributed by atoms with Crippen molar-refractivity contribution >= 4 is 11.9 Å². The monoisotopic (exact) mass is 355 g/mol. The number of amides is 1. The van der Waals surface area contributed by atoms with Crippen LogP contribution in [0, 0.1) is 0 Å². The van der Waals surface area contributed by atoms with Crippen LogP contribution >= 0.6 is 0 Å². The molecule has 1 aliphatic rings. The SMILES string of the molecule is CN(CC1COc2ccccc2O1)C(=O)CCc1ccc(C(=O)O)cc1. The van der Waals surface area contributed by atoms with Gasteiger partial charge < -0.3 is 19.5 Å². The molecule has 1 atom stereocenters. The van der Waals surface area contributed by atoms with Crippen LogP contribution < -0.4 is 9.47 Å². The number of hydrogen-bond acceptors (Lipinski definition) is 4. The van der Waals surface area contributed by atoms with E-state index in [0.717, 1.165) is 11.3 Å². The van der Waals surface area contributed by atoms with E-state index in [9.17, 15) is 9.59 Å². The number of carbonyl (C=O) groups is 2. The normalized spacial score (nSPS) is 15.3. The van der Waals surface area contributed by atoms with Gasteiger partial charge in [0, 0.05) is 13.5 Å². The minimum absolute atomic E-state index is 0.00905. The molecule has 2 aromatic carbocycles. The fraction of sp³-hybridized carbons (Fsp3) is 0.300. The fourth-order valence-corrected chi connectivity index (χ4v) is 2.82. The highest BCUT2D eigenvalue weighted by Crippen LogP contribution is 2.30. The zero-order valence-electron chi connectivity index (χ0n) is 14.6. The third kappa shape index (κ3) is 4.33. The maximum Gasteiger partial charge on any atom is 0.335 e. The number of hydrogen-bond donors (Lipinski definition) is 1. The summed E-state index contributed by atoms with van der Waals surface area (Å²) in [5.41, 5.74) is 1.18. The Kier molecular flexibility index (Phi) is 5.41.